The van der Waals surface area contributed by atoms with Gasteiger partial charge in [-0.2, -0.15) is 0 Å². The Morgan fingerprint density at radius 1 is 1.53 bits per heavy atom. The van der Waals surface area contributed by atoms with Crippen LogP contribution in [0.1, 0.15) is 13.8 Å². The zero-order valence-corrected chi connectivity index (χ0v) is 11.2. The highest BCUT2D eigenvalue weighted by atomic mass is 32.2. The molecule has 0 fully saturated rings. The summed E-state index contributed by atoms with van der Waals surface area (Å²) >= 11 is 0. The monoisotopic (exact) mass is 291 g/mol. The van der Waals surface area contributed by atoms with Crippen LogP contribution in [0.15, 0.2) is 18.2 Å². The Bertz CT molecular complexity index is 572. The molecule has 0 spiro atoms. The second kappa shape index (κ2) is 5.87. The summed E-state index contributed by atoms with van der Waals surface area (Å²) in [6, 6.07) is 3.49. The molecule has 6 nitrogen and oxygen atoms in total. The van der Waals surface area contributed by atoms with Crippen LogP contribution in [0.4, 0.5) is 10.1 Å². The van der Waals surface area contributed by atoms with E-state index in [4.69, 9.17) is 9.84 Å². The number of halogens is 1. The van der Waals surface area contributed by atoms with E-state index in [2.05, 4.69) is 0 Å². The highest BCUT2D eigenvalue weighted by Crippen LogP contribution is 2.22. The fourth-order valence-electron chi connectivity index (χ4n) is 1.22. The minimum Gasteiger partial charge on any atom is -0.491 e. The molecule has 0 aliphatic carbocycles. The maximum absolute atomic E-state index is 13.5. The highest BCUT2D eigenvalue weighted by Gasteiger charge is 2.27. The van der Waals surface area contributed by atoms with Crippen LogP contribution in [-0.2, 0) is 14.8 Å². The molecule has 0 aliphatic heterocycles. The third kappa shape index (κ3) is 3.82. The van der Waals surface area contributed by atoms with E-state index in [-0.39, 0.29) is 18.0 Å². The van der Waals surface area contributed by atoms with Gasteiger partial charge in [0.2, 0.25) is 10.0 Å². The van der Waals surface area contributed by atoms with Crippen molar-refractivity contribution in [3.8, 4) is 5.75 Å². The number of rotatable bonds is 6. The fourth-order valence-corrected chi connectivity index (χ4v) is 2.12. The highest BCUT2D eigenvalue weighted by molar-refractivity contribution is 7.94. The van der Waals surface area contributed by atoms with Crippen LogP contribution in [0.25, 0.3) is 0 Å². The number of carboxylic acids is 1. The standard InChI is InChI=1S/C11H14FNO5S/c1-3-18-10-5-4-8(6-9(10)12)13-19(16,17)7(2)11(14)15/h4-7,13H,3H2,1-2H3,(H,14,15). The Morgan fingerprint density at radius 3 is 2.63 bits per heavy atom. The Hall–Kier alpha value is -1.83. The number of carboxylic acid groups (broad SMARTS) is 1. The van der Waals surface area contributed by atoms with Crippen molar-refractivity contribution < 1.29 is 27.4 Å². The first-order valence-corrected chi connectivity index (χ1v) is 6.99. The van der Waals surface area contributed by atoms with Gasteiger partial charge in [0.15, 0.2) is 16.8 Å². The average molecular weight is 291 g/mol. The molecular weight excluding hydrogens is 277 g/mol. The van der Waals surface area contributed by atoms with E-state index >= 15 is 0 Å². The zero-order chi connectivity index (χ0) is 14.6. The van der Waals surface area contributed by atoms with Crippen LogP contribution in [0.2, 0.25) is 0 Å². The normalized spacial score (nSPS) is 12.8. The molecule has 106 valence electrons. The number of hydrogen-bond acceptors (Lipinski definition) is 4. The second-order valence-electron chi connectivity index (χ2n) is 3.71. The number of carbonyl (C=O) groups is 1. The van der Waals surface area contributed by atoms with Gasteiger partial charge in [-0.25, -0.2) is 12.8 Å². The van der Waals surface area contributed by atoms with Gasteiger partial charge in [-0.05, 0) is 26.0 Å². The molecule has 8 heteroatoms. The summed E-state index contributed by atoms with van der Waals surface area (Å²) in [5.74, 6) is -2.22. The Morgan fingerprint density at radius 2 is 2.16 bits per heavy atom. The molecule has 1 aromatic rings. The summed E-state index contributed by atoms with van der Waals surface area (Å²) in [7, 11) is -4.11. The van der Waals surface area contributed by atoms with Crippen molar-refractivity contribution in [3.63, 3.8) is 0 Å². The van der Waals surface area contributed by atoms with Gasteiger partial charge in [0.1, 0.15) is 0 Å². The van der Waals surface area contributed by atoms with Crippen molar-refractivity contribution in [3.05, 3.63) is 24.0 Å². The summed E-state index contributed by atoms with van der Waals surface area (Å²) in [5.41, 5.74) is -0.0611. The van der Waals surface area contributed by atoms with E-state index in [0.717, 1.165) is 13.0 Å². The summed E-state index contributed by atoms with van der Waals surface area (Å²) in [6.07, 6.45) is 0. The Balaban J connectivity index is 2.95. The maximum Gasteiger partial charge on any atom is 0.323 e. The zero-order valence-electron chi connectivity index (χ0n) is 10.4. The predicted molar refractivity (Wildman–Crippen MR) is 67.2 cm³/mol. The van der Waals surface area contributed by atoms with Gasteiger partial charge in [0, 0.05) is 6.07 Å². The first-order chi connectivity index (χ1) is 8.77. The molecule has 1 atom stereocenters. The van der Waals surface area contributed by atoms with E-state index in [1.165, 1.54) is 12.1 Å². The minimum atomic E-state index is -4.11. The molecule has 1 rings (SSSR count). The molecule has 2 N–H and O–H groups in total. The van der Waals surface area contributed by atoms with Gasteiger partial charge in [-0.3, -0.25) is 9.52 Å². The number of sulfonamides is 1. The van der Waals surface area contributed by atoms with Crippen molar-refractivity contribution >= 4 is 21.7 Å². The van der Waals surface area contributed by atoms with E-state index in [1.54, 1.807) is 6.92 Å². The minimum absolute atomic E-state index is 0.00303. The van der Waals surface area contributed by atoms with Crippen LogP contribution >= 0.6 is 0 Å². The van der Waals surface area contributed by atoms with Crippen LogP contribution in [0.5, 0.6) is 5.75 Å². The van der Waals surface area contributed by atoms with Crippen LogP contribution in [0.3, 0.4) is 0 Å². The average Bonchev–Trinajstić information content (AvgIpc) is 2.31. The lowest BCUT2D eigenvalue weighted by Crippen LogP contribution is -2.32. The molecule has 0 amide bonds. The lowest BCUT2D eigenvalue weighted by atomic mass is 10.3. The molecule has 0 aromatic heterocycles. The summed E-state index contributed by atoms with van der Waals surface area (Å²) in [6.45, 7) is 2.98. The Labute approximate surface area is 110 Å². The molecule has 1 aromatic carbocycles. The molecule has 19 heavy (non-hydrogen) atoms. The molecule has 1 unspecified atom stereocenters. The van der Waals surface area contributed by atoms with Gasteiger partial charge < -0.3 is 9.84 Å². The van der Waals surface area contributed by atoms with E-state index in [1.807, 2.05) is 4.72 Å². The number of anilines is 1. The maximum atomic E-state index is 13.5. The molecule has 0 bridgehead atoms. The van der Waals surface area contributed by atoms with Crippen molar-refractivity contribution in [1.82, 2.24) is 0 Å². The number of nitrogens with one attached hydrogen (secondary N) is 1. The van der Waals surface area contributed by atoms with Gasteiger partial charge in [0.05, 0.1) is 12.3 Å². The third-order valence-electron chi connectivity index (χ3n) is 2.31. The SMILES string of the molecule is CCOc1ccc(NS(=O)(=O)C(C)C(=O)O)cc1F. The molecule has 0 saturated heterocycles. The van der Waals surface area contributed by atoms with Gasteiger partial charge in [-0.1, -0.05) is 0 Å². The topological polar surface area (TPSA) is 92.7 Å². The molecule has 0 saturated carbocycles. The fraction of sp³-hybridized carbons (Fsp3) is 0.364. The molecule has 0 heterocycles. The van der Waals surface area contributed by atoms with E-state index < -0.39 is 27.1 Å². The molecule has 0 radical (unpaired) electrons. The van der Waals surface area contributed by atoms with Crippen LogP contribution < -0.4 is 9.46 Å². The predicted octanol–water partition coefficient (Wildman–Crippen LogP) is 1.44. The summed E-state index contributed by atoms with van der Waals surface area (Å²) in [4.78, 5) is 10.6. The van der Waals surface area contributed by atoms with E-state index in [9.17, 15) is 17.6 Å². The largest absolute Gasteiger partial charge is 0.491 e. The summed E-state index contributed by atoms with van der Waals surface area (Å²) in [5, 5.41) is 7.01. The number of benzene rings is 1. The number of hydrogen-bond donors (Lipinski definition) is 2. The second-order valence-corrected chi connectivity index (χ2v) is 5.71. The first-order valence-electron chi connectivity index (χ1n) is 5.44. The lowest BCUT2D eigenvalue weighted by Gasteiger charge is -2.12. The summed E-state index contributed by atoms with van der Waals surface area (Å²) < 4.78 is 43.7. The smallest absolute Gasteiger partial charge is 0.323 e. The number of aliphatic carboxylic acids is 1. The van der Waals surface area contributed by atoms with Gasteiger partial charge >= 0.3 is 5.97 Å². The quantitative estimate of drug-likeness (QED) is 0.827. The Kier molecular flexibility index (Phi) is 4.71. The molecular formula is C11H14FNO5S. The first kappa shape index (κ1) is 15.2. The third-order valence-corrected chi connectivity index (χ3v) is 3.96. The van der Waals surface area contributed by atoms with Crippen molar-refractivity contribution in [2.75, 3.05) is 11.3 Å². The van der Waals surface area contributed by atoms with Crippen LogP contribution in [-0.4, -0.2) is 31.4 Å². The van der Waals surface area contributed by atoms with Crippen LogP contribution in [0, 0.1) is 5.82 Å². The van der Waals surface area contributed by atoms with Gasteiger partial charge in [-0.15, -0.1) is 0 Å². The lowest BCUT2D eigenvalue weighted by molar-refractivity contribution is -0.136. The molecule has 0 aliphatic rings. The van der Waals surface area contributed by atoms with Crippen molar-refractivity contribution in [2.45, 2.75) is 19.1 Å². The van der Waals surface area contributed by atoms with Crippen molar-refractivity contribution in [1.29, 1.82) is 0 Å². The van der Waals surface area contributed by atoms with E-state index in [0.29, 0.717) is 0 Å². The number of ether oxygens (including phenoxy) is 1. The van der Waals surface area contributed by atoms with Gasteiger partial charge in [0.25, 0.3) is 0 Å². The van der Waals surface area contributed by atoms with Crippen molar-refractivity contribution in [2.24, 2.45) is 0 Å².